The van der Waals surface area contributed by atoms with Gasteiger partial charge in [-0.25, -0.2) is 0 Å². The molecule has 0 aliphatic rings. The molecule has 148 valence electrons. The highest BCUT2D eigenvalue weighted by molar-refractivity contribution is 7.16. The summed E-state index contributed by atoms with van der Waals surface area (Å²) >= 11 is 1.51. The van der Waals surface area contributed by atoms with Crippen molar-refractivity contribution in [3.63, 3.8) is 0 Å². The van der Waals surface area contributed by atoms with Gasteiger partial charge < -0.3 is 18.8 Å². The van der Waals surface area contributed by atoms with Crippen LogP contribution in [0.25, 0.3) is 10.2 Å². The average Bonchev–Trinajstić information content (AvgIpc) is 3.03. The topological polar surface area (TPSA) is 62.1 Å². The van der Waals surface area contributed by atoms with Crippen LogP contribution in [0.15, 0.2) is 35.3 Å². The molecule has 1 amide bonds. The fraction of sp³-hybridized carbons (Fsp3) is 0.333. The zero-order chi connectivity index (χ0) is 20.3. The van der Waals surface area contributed by atoms with Crippen LogP contribution in [-0.4, -0.2) is 38.4 Å². The maximum absolute atomic E-state index is 12.9. The predicted octanol–water partition coefficient (Wildman–Crippen LogP) is 3.72. The number of rotatable bonds is 6. The van der Waals surface area contributed by atoms with Gasteiger partial charge in [-0.3, -0.25) is 4.79 Å². The fourth-order valence-corrected chi connectivity index (χ4v) is 4.18. The summed E-state index contributed by atoms with van der Waals surface area (Å²) in [4.78, 5) is 18.0. The van der Waals surface area contributed by atoms with Gasteiger partial charge in [-0.15, -0.1) is 0 Å². The lowest BCUT2D eigenvalue weighted by Gasteiger charge is -2.07. The summed E-state index contributed by atoms with van der Waals surface area (Å²) in [7, 11) is 4.77. The zero-order valence-electron chi connectivity index (χ0n) is 16.7. The summed E-state index contributed by atoms with van der Waals surface area (Å²) in [5, 5.41) is 0. The van der Waals surface area contributed by atoms with Crippen LogP contribution in [-0.2, 0) is 11.3 Å². The van der Waals surface area contributed by atoms with Gasteiger partial charge in [0, 0.05) is 25.3 Å². The van der Waals surface area contributed by atoms with E-state index < -0.39 is 0 Å². The number of nitrogens with zero attached hydrogens (tertiary/aromatic N) is 2. The maximum Gasteiger partial charge on any atom is 0.279 e. The summed E-state index contributed by atoms with van der Waals surface area (Å²) in [6.45, 7) is 5.29. The number of ether oxygens (including phenoxy) is 3. The number of carbonyl (C=O) groups excluding carboxylic acids is 1. The second-order valence-electron chi connectivity index (χ2n) is 6.48. The first-order chi connectivity index (χ1) is 13.5. The van der Waals surface area contributed by atoms with Crippen LogP contribution < -0.4 is 14.3 Å². The van der Waals surface area contributed by atoms with Crippen LogP contribution in [0.5, 0.6) is 11.5 Å². The van der Waals surface area contributed by atoms with Gasteiger partial charge in [0.1, 0.15) is 11.5 Å². The zero-order valence-corrected chi connectivity index (χ0v) is 17.6. The highest BCUT2D eigenvalue weighted by Gasteiger charge is 2.13. The molecule has 0 spiro atoms. The molecule has 0 atom stereocenters. The SMILES string of the molecule is COCCn1c(=NC(=O)c2cc(OC)cc(OC)c2)sc2c(C)cc(C)cc21. The number of hydrogen-bond acceptors (Lipinski definition) is 5. The van der Waals surface area contributed by atoms with E-state index in [2.05, 4.69) is 31.0 Å². The van der Waals surface area contributed by atoms with Gasteiger partial charge in [0.05, 0.1) is 31.0 Å². The van der Waals surface area contributed by atoms with Gasteiger partial charge in [0.2, 0.25) is 0 Å². The smallest absolute Gasteiger partial charge is 0.279 e. The van der Waals surface area contributed by atoms with Gasteiger partial charge in [-0.1, -0.05) is 17.4 Å². The lowest BCUT2D eigenvalue weighted by molar-refractivity contribution is 0.0996. The van der Waals surface area contributed by atoms with E-state index in [-0.39, 0.29) is 5.91 Å². The van der Waals surface area contributed by atoms with Crippen molar-refractivity contribution in [2.45, 2.75) is 20.4 Å². The van der Waals surface area contributed by atoms with E-state index in [1.165, 1.54) is 22.5 Å². The number of carbonyl (C=O) groups is 1. The fourth-order valence-electron chi connectivity index (χ4n) is 3.08. The molecule has 28 heavy (non-hydrogen) atoms. The Hall–Kier alpha value is -2.64. The van der Waals surface area contributed by atoms with E-state index in [1.807, 2.05) is 4.57 Å². The summed E-state index contributed by atoms with van der Waals surface area (Å²) in [6.07, 6.45) is 0. The summed E-state index contributed by atoms with van der Waals surface area (Å²) in [5.74, 6) is 0.755. The minimum Gasteiger partial charge on any atom is -0.497 e. The lowest BCUT2D eigenvalue weighted by Crippen LogP contribution is -2.19. The molecule has 0 bridgehead atoms. The maximum atomic E-state index is 12.9. The molecule has 0 saturated heterocycles. The number of methoxy groups -OCH3 is 3. The number of aromatic nitrogens is 1. The van der Waals surface area contributed by atoms with E-state index in [4.69, 9.17) is 14.2 Å². The van der Waals surface area contributed by atoms with Crippen LogP contribution in [0, 0.1) is 13.8 Å². The monoisotopic (exact) mass is 400 g/mol. The van der Waals surface area contributed by atoms with Crippen LogP contribution >= 0.6 is 11.3 Å². The highest BCUT2D eigenvalue weighted by Crippen LogP contribution is 2.25. The van der Waals surface area contributed by atoms with Crippen molar-refractivity contribution in [1.82, 2.24) is 4.57 Å². The lowest BCUT2D eigenvalue weighted by atomic mass is 10.1. The molecule has 7 heteroatoms. The van der Waals surface area contributed by atoms with Crippen molar-refractivity contribution >= 4 is 27.5 Å². The molecule has 0 aliphatic carbocycles. The molecule has 6 nitrogen and oxygen atoms in total. The van der Waals surface area contributed by atoms with Gasteiger partial charge >= 0.3 is 0 Å². The molecule has 0 unspecified atom stereocenters. The van der Waals surface area contributed by atoms with E-state index in [1.54, 1.807) is 39.5 Å². The second-order valence-corrected chi connectivity index (χ2v) is 7.45. The Kier molecular flexibility index (Phi) is 6.16. The Bertz CT molecular complexity index is 1060. The number of benzene rings is 2. The molecule has 0 fully saturated rings. The normalized spacial score (nSPS) is 11.8. The largest absolute Gasteiger partial charge is 0.497 e. The minimum atomic E-state index is -0.343. The molecule has 3 aromatic rings. The molecule has 0 N–H and O–H groups in total. The molecule has 0 aliphatic heterocycles. The van der Waals surface area contributed by atoms with Gasteiger partial charge in [-0.2, -0.15) is 4.99 Å². The molecular formula is C21H24N2O4S. The number of thiazole rings is 1. The van der Waals surface area contributed by atoms with Crippen molar-refractivity contribution < 1.29 is 19.0 Å². The Morgan fingerprint density at radius 1 is 1.04 bits per heavy atom. The van der Waals surface area contributed by atoms with Crippen LogP contribution in [0.1, 0.15) is 21.5 Å². The number of aryl methyl sites for hydroxylation is 2. The number of amides is 1. The van der Waals surface area contributed by atoms with E-state index >= 15 is 0 Å². The van der Waals surface area contributed by atoms with Gasteiger partial charge in [0.25, 0.3) is 5.91 Å². The van der Waals surface area contributed by atoms with Crippen LogP contribution in [0.2, 0.25) is 0 Å². The number of fused-ring (bicyclic) bond motifs is 1. The quantitative estimate of drug-likeness (QED) is 0.633. The molecular weight excluding hydrogens is 376 g/mol. The molecule has 0 saturated carbocycles. The first kappa shape index (κ1) is 20.1. The third-order valence-corrected chi connectivity index (χ3v) is 5.66. The molecule has 2 aromatic carbocycles. The Balaban J connectivity index is 2.15. The molecule has 1 aromatic heterocycles. The van der Waals surface area contributed by atoms with E-state index in [0.29, 0.717) is 35.0 Å². The first-order valence-corrected chi connectivity index (χ1v) is 9.70. The standard InChI is InChI=1S/C21H24N2O4S/c1-13-8-14(2)19-18(9-13)23(6-7-25-3)21(28-19)22-20(24)15-10-16(26-4)12-17(11-15)27-5/h8-12H,6-7H2,1-5H3. The second kappa shape index (κ2) is 8.58. The van der Waals surface area contributed by atoms with Gasteiger partial charge in [-0.05, 0) is 43.2 Å². The van der Waals surface area contributed by atoms with E-state index in [9.17, 15) is 4.79 Å². The summed E-state index contributed by atoms with van der Waals surface area (Å²) < 4.78 is 18.9. The third kappa shape index (κ3) is 4.10. The van der Waals surface area contributed by atoms with Crippen molar-refractivity contribution in [3.8, 4) is 11.5 Å². The molecule has 3 rings (SSSR count). The third-order valence-electron chi connectivity index (χ3n) is 4.43. The van der Waals surface area contributed by atoms with Crippen molar-refractivity contribution in [3.05, 3.63) is 51.8 Å². The van der Waals surface area contributed by atoms with Crippen LogP contribution in [0.4, 0.5) is 0 Å². The minimum absolute atomic E-state index is 0.343. The van der Waals surface area contributed by atoms with Crippen LogP contribution in [0.3, 0.4) is 0 Å². The van der Waals surface area contributed by atoms with Crippen molar-refractivity contribution in [2.24, 2.45) is 4.99 Å². The summed E-state index contributed by atoms with van der Waals surface area (Å²) in [5.41, 5.74) is 3.82. The van der Waals surface area contributed by atoms with Crippen molar-refractivity contribution in [1.29, 1.82) is 0 Å². The van der Waals surface area contributed by atoms with Crippen molar-refractivity contribution in [2.75, 3.05) is 27.9 Å². The highest BCUT2D eigenvalue weighted by atomic mass is 32.1. The average molecular weight is 401 g/mol. The number of hydrogen-bond donors (Lipinski definition) is 0. The Morgan fingerprint density at radius 3 is 2.32 bits per heavy atom. The Morgan fingerprint density at radius 2 is 1.71 bits per heavy atom. The molecule has 1 heterocycles. The predicted molar refractivity (Wildman–Crippen MR) is 111 cm³/mol. The Labute approximate surface area is 168 Å². The first-order valence-electron chi connectivity index (χ1n) is 8.88. The van der Waals surface area contributed by atoms with E-state index in [0.717, 1.165) is 10.2 Å². The summed E-state index contributed by atoms with van der Waals surface area (Å²) in [6, 6.07) is 9.30. The molecule has 0 radical (unpaired) electrons. The van der Waals surface area contributed by atoms with Gasteiger partial charge in [0.15, 0.2) is 4.80 Å².